The minimum Gasteiger partial charge on any atom is -0.458 e. The van der Waals surface area contributed by atoms with Gasteiger partial charge in [-0.15, -0.1) is 0 Å². The topological polar surface area (TPSA) is 46.5 Å². The second-order valence-corrected chi connectivity index (χ2v) is 9.07. The number of carbonyl (C=O) groups excluding carboxylic acids is 1. The van der Waals surface area contributed by atoms with Gasteiger partial charge in [0, 0.05) is 34.5 Å². The van der Waals surface area contributed by atoms with Gasteiger partial charge in [0.05, 0.1) is 10.5 Å². The van der Waals surface area contributed by atoms with Crippen molar-refractivity contribution in [2.24, 2.45) is 0 Å². The first-order valence-corrected chi connectivity index (χ1v) is 10.4. The van der Waals surface area contributed by atoms with Crippen molar-refractivity contribution in [3.8, 4) is 0 Å². The molecule has 2 heterocycles. The van der Waals surface area contributed by atoms with Crippen LogP contribution >= 0.6 is 47.0 Å². The van der Waals surface area contributed by atoms with E-state index in [4.69, 9.17) is 9.84 Å². The van der Waals surface area contributed by atoms with Gasteiger partial charge in [0.25, 0.3) is 0 Å². The molecule has 0 spiro atoms. The smallest absolute Gasteiger partial charge is 0.332 e. The summed E-state index contributed by atoms with van der Waals surface area (Å²) >= 11 is 7.71. The molecule has 0 bridgehead atoms. The molecule has 2 aliphatic heterocycles. The molecule has 0 aromatic rings. The van der Waals surface area contributed by atoms with Crippen LogP contribution < -0.4 is 0 Å². The van der Waals surface area contributed by atoms with E-state index in [0.29, 0.717) is 10.5 Å². The lowest BCUT2D eigenvalue weighted by Gasteiger charge is -2.35. The fraction of sp³-hybridized carbons (Fsp3) is 0.909. The zero-order chi connectivity index (χ0) is 12.8. The minimum absolute atomic E-state index is 0.0414. The molecule has 0 aromatic heterocycles. The van der Waals surface area contributed by atoms with E-state index in [2.05, 4.69) is 0 Å². The number of esters is 1. The molecule has 2 aliphatic rings. The lowest BCUT2D eigenvalue weighted by molar-refractivity contribution is -0.152. The van der Waals surface area contributed by atoms with Crippen LogP contribution in [0.3, 0.4) is 0 Å². The Bertz CT molecular complexity index is 247. The maximum atomic E-state index is 11.4. The minimum atomic E-state index is -0.508. The van der Waals surface area contributed by atoms with Crippen LogP contribution in [0, 0.1) is 0 Å². The summed E-state index contributed by atoms with van der Waals surface area (Å²) in [6, 6.07) is 0. The van der Waals surface area contributed by atoms with E-state index in [-0.39, 0.29) is 6.10 Å². The highest BCUT2D eigenvalue weighted by Gasteiger charge is 2.35. The molecule has 104 valence electrons. The highest BCUT2D eigenvalue weighted by Crippen LogP contribution is 2.36. The fourth-order valence-electron chi connectivity index (χ4n) is 1.97. The van der Waals surface area contributed by atoms with Crippen LogP contribution in [0.15, 0.2) is 0 Å². The normalized spacial score (nSPS) is 30.7. The summed E-state index contributed by atoms with van der Waals surface area (Å²) in [4.78, 5) is 11.4. The summed E-state index contributed by atoms with van der Waals surface area (Å²) in [5, 5.41) is 9.65. The van der Waals surface area contributed by atoms with E-state index in [1.165, 1.54) is 11.5 Å². The molecule has 2 saturated heterocycles. The van der Waals surface area contributed by atoms with Gasteiger partial charge in [0.1, 0.15) is 12.7 Å². The zero-order valence-electron chi connectivity index (χ0n) is 10.1. The van der Waals surface area contributed by atoms with Crippen LogP contribution in [-0.4, -0.2) is 68.8 Å². The summed E-state index contributed by atoms with van der Waals surface area (Å²) in [5.41, 5.74) is 0. The molecule has 2 unspecified atom stereocenters. The van der Waals surface area contributed by atoms with Gasteiger partial charge >= 0.3 is 5.97 Å². The molecule has 1 N–H and O–H groups in total. The number of ether oxygens (including phenoxy) is 1. The highest BCUT2D eigenvalue weighted by molar-refractivity contribution is 8.07. The molecule has 0 aliphatic carbocycles. The van der Waals surface area contributed by atoms with Crippen molar-refractivity contribution in [3.05, 3.63) is 0 Å². The zero-order valence-corrected chi connectivity index (χ0v) is 13.3. The van der Waals surface area contributed by atoms with Crippen molar-refractivity contribution in [1.29, 1.82) is 0 Å². The van der Waals surface area contributed by atoms with Crippen molar-refractivity contribution in [2.75, 3.05) is 41.1 Å². The number of rotatable bonds is 4. The fourth-order valence-corrected chi connectivity index (χ4v) is 7.78. The van der Waals surface area contributed by atoms with Gasteiger partial charge in [-0.25, -0.2) is 4.79 Å². The Balaban J connectivity index is 1.97. The van der Waals surface area contributed by atoms with Crippen molar-refractivity contribution in [3.63, 3.8) is 0 Å². The van der Waals surface area contributed by atoms with Gasteiger partial charge in [0.2, 0.25) is 0 Å². The molecule has 18 heavy (non-hydrogen) atoms. The third-order valence-electron chi connectivity index (χ3n) is 2.81. The Kier molecular flexibility index (Phi) is 6.93. The number of aliphatic hydroxyl groups is 1. The van der Waals surface area contributed by atoms with Crippen molar-refractivity contribution >= 4 is 53.0 Å². The molecule has 0 radical (unpaired) electrons. The predicted octanol–water partition coefficient (Wildman–Crippen LogP) is 1.59. The molecule has 2 atom stereocenters. The van der Waals surface area contributed by atoms with Gasteiger partial charge in [-0.1, -0.05) is 0 Å². The van der Waals surface area contributed by atoms with Gasteiger partial charge in [-0.3, -0.25) is 0 Å². The maximum Gasteiger partial charge on any atom is 0.332 e. The average Bonchev–Trinajstić information content (AvgIpc) is 2.46. The van der Waals surface area contributed by atoms with Crippen LogP contribution in [0.5, 0.6) is 0 Å². The van der Waals surface area contributed by atoms with E-state index >= 15 is 0 Å². The Morgan fingerprint density at radius 1 is 1.11 bits per heavy atom. The highest BCUT2D eigenvalue weighted by atomic mass is 32.2. The monoisotopic (exact) mass is 326 g/mol. The first-order valence-electron chi connectivity index (χ1n) is 6.00. The quantitative estimate of drug-likeness (QED) is 0.787. The number of aliphatic hydroxyl groups excluding tert-OH is 1. The summed E-state index contributed by atoms with van der Waals surface area (Å²) < 4.78 is 5.52. The van der Waals surface area contributed by atoms with Crippen molar-refractivity contribution < 1.29 is 14.6 Å². The molecule has 7 heteroatoms. The Hall–Kier alpha value is 0.830. The molecular weight excluding hydrogens is 308 g/mol. The standard InChI is InChI=1S/C11H18O3S4/c12-5-10(13)14-11(8-6-15-1-3-17-8)9-7-16-2-4-18-9/h8-9,11-12H,1-7H2. The molecule has 2 fully saturated rings. The summed E-state index contributed by atoms with van der Waals surface area (Å²) in [6.45, 7) is -0.508. The lowest BCUT2D eigenvalue weighted by atomic mass is 10.2. The van der Waals surface area contributed by atoms with Gasteiger partial charge in [-0.05, 0) is 0 Å². The summed E-state index contributed by atoms with van der Waals surface area (Å²) in [7, 11) is 0. The first-order chi connectivity index (χ1) is 8.81. The van der Waals surface area contributed by atoms with Gasteiger partial charge in [0.15, 0.2) is 0 Å². The average molecular weight is 327 g/mol. The first kappa shape index (κ1) is 15.2. The third kappa shape index (κ3) is 4.44. The number of carbonyl (C=O) groups is 1. The second-order valence-electron chi connectivity index (χ2n) is 4.08. The summed E-state index contributed by atoms with van der Waals surface area (Å²) in [5.74, 6) is 6.27. The number of thioether (sulfide) groups is 4. The van der Waals surface area contributed by atoms with E-state index in [1.807, 2.05) is 47.0 Å². The van der Waals surface area contributed by atoms with E-state index in [9.17, 15) is 4.79 Å². The molecule has 0 aromatic carbocycles. The molecule has 0 saturated carbocycles. The van der Waals surface area contributed by atoms with Crippen LogP contribution in [0.25, 0.3) is 0 Å². The van der Waals surface area contributed by atoms with Crippen LogP contribution in [0.2, 0.25) is 0 Å². The van der Waals surface area contributed by atoms with Gasteiger partial charge in [-0.2, -0.15) is 47.0 Å². The Morgan fingerprint density at radius 2 is 1.67 bits per heavy atom. The molecule has 0 amide bonds. The van der Waals surface area contributed by atoms with Crippen LogP contribution in [0.4, 0.5) is 0 Å². The second kappa shape index (κ2) is 8.19. The Labute approximate surface area is 125 Å². The lowest BCUT2D eigenvalue weighted by Crippen LogP contribution is -2.43. The molecule has 3 nitrogen and oxygen atoms in total. The van der Waals surface area contributed by atoms with Crippen molar-refractivity contribution in [2.45, 2.75) is 16.6 Å². The summed E-state index contributed by atoms with van der Waals surface area (Å²) in [6.07, 6.45) is -0.0414. The SMILES string of the molecule is O=C(CO)OC(C1CSCCS1)C1CSCCS1. The predicted molar refractivity (Wildman–Crippen MR) is 84.1 cm³/mol. The van der Waals surface area contributed by atoms with E-state index in [1.54, 1.807) is 0 Å². The van der Waals surface area contributed by atoms with Gasteiger partial charge < -0.3 is 9.84 Å². The van der Waals surface area contributed by atoms with Crippen LogP contribution in [0.1, 0.15) is 0 Å². The van der Waals surface area contributed by atoms with E-state index < -0.39 is 12.6 Å². The van der Waals surface area contributed by atoms with E-state index in [0.717, 1.165) is 23.0 Å². The number of hydrogen-bond acceptors (Lipinski definition) is 7. The maximum absolute atomic E-state index is 11.4. The Morgan fingerprint density at radius 3 is 2.06 bits per heavy atom. The molecular formula is C11H18O3S4. The molecule has 2 rings (SSSR count). The largest absolute Gasteiger partial charge is 0.458 e. The number of hydrogen-bond donors (Lipinski definition) is 1. The van der Waals surface area contributed by atoms with Crippen molar-refractivity contribution in [1.82, 2.24) is 0 Å². The third-order valence-corrected chi connectivity index (χ3v) is 8.53. The van der Waals surface area contributed by atoms with Crippen LogP contribution in [-0.2, 0) is 9.53 Å².